The van der Waals surface area contributed by atoms with Crippen molar-refractivity contribution in [2.75, 3.05) is 18.0 Å². The number of aliphatic hydroxyl groups excluding tert-OH is 1. The Balaban J connectivity index is 1.77. The first kappa shape index (κ1) is 20.6. The molecule has 2 heterocycles. The molecule has 0 atom stereocenters. The van der Waals surface area contributed by atoms with Crippen molar-refractivity contribution in [3.05, 3.63) is 30.1 Å². The second-order valence-electron chi connectivity index (χ2n) is 7.80. The third kappa shape index (κ3) is 5.47. The Hall–Kier alpha value is -2.09. The van der Waals surface area contributed by atoms with Crippen LogP contribution >= 0.6 is 0 Å². The molecular weight excluding hydrogens is 369 g/mol. The van der Waals surface area contributed by atoms with Crippen LogP contribution in [0.2, 0.25) is 0 Å². The number of nitrogens with zero attached hydrogens (tertiary/aromatic N) is 4. The van der Waals surface area contributed by atoms with Crippen LogP contribution in [-0.2, 0) is 13.0 Å². The fraction of sp³-hybridized carbons (Fsp3) is 0.600. The zero-order valence-corrected chi connectivity index (χ0v) is 16.3. The summed E-state index contributed by atoms with van der Waals surface area (Å²) >= 11 is 0. The van der Waals surface area contributed by atoms with Crippen molar-refractivity contribution in [2.45, 2.75) is 58.4 Å². The Kier molecular flexibility index (Phi) is 6.27. The van der Waals surface area contributed by atoms with Crippen LogP contribution in [-0.4, -0.2) is 45.2 Å². The number of benzene rings is 1. The molecule has 1 aromatic carbocycles. The summed E-state index contributed by atoms with van der Waals surface area (Å²) in [6.45, 7) is 5.42. The smallest absolute Gasteiger partial charge is 0.390 e. The van der Waals surface area contributed by atoms with Crippen LogP contribution in [0.1, 0.15) is 38.9 Å². The molecule has 8 heteroatoms. The van der Waals surface area contributed by atoms with Gasteiger partial charge in [-0.1, -0.05) is 13.8 Å². The van der Waals surface area contributed by atoms with Crippen LogP contribution < -0.4 is 4.90 Å². The molecule has 1 N–H and O–H groups in total. The van der Waals surface area contributed by atoms with Crippen LogP contribution in [0.3, 0.4) is 0 Å². The van der Waals surface area contributed by atoms with Gasteiger partial charge in [0, 0.05) is 30.8 Å². The maximum atomic E-state index is 12.6. The Labute approximate surface area is 163 Å². The highest BCUT2D eigenvalue weighted by molar-refractivity contribution is 5.60. The molecule has 1 fully saturated rings. The lowest BCUT2D eigenvalue weighted by atomic mass is 10.1. The molecule has 0 spiro atoms. The predicted molar refractivity (Wildman–Crippen MR) is 102 cm³/mol. The van der Waals surface area contributed by atoms with Gasteiger partial charge in [-0.05, 0) is 43.0 Å². The highest BCUT2D eigenvalue weighted by Crippen LogP contribution is 2.25. The Morgan fingerprint density at radius 1 is 1.14 bits per heavy atom. The lowest BCUT2D eigenvalue weighted by Crippen LogP contribution is -2.35. The number of halogens is 3. The number of hydrogen-bond acceptors (Lipinski definition) is 4. The van der Waals surface area contributed by atoms with Crippen LogP contribution in [0, 0.1) is 5.92 Å². The van der Waals surface area contributed by atoms with E-state index >= 15 is 0 Å². The van der Waals surface area contributed by atoms with Crippen molar-refractivity contribution < 1.29 is 18.3 Å². The standard InChI is InChI=1S/C20H27F3N4O/c1-14(2)13-18-24-19(25-27(18)12-9-20(21,22)23)15-3-5-16(6-4-15)26-10-7-17(28)8-11-26/h3-6,14,17,28H,7-13H2,1-2H3. The first-order chi connectivity index (χ1) is 13.2. The average molecular weight is 396 g/mol. The van der Waals surface area contributed by atoms with Crippen molar-refractivity contribution in [1.29, 1.82) is 0 Å². The maximum absolute atomic E-state index is 12.6. The zero-order chi connectivity index (χ0) is 20.3. The minimum absolute atomic E-state index is 0.216. The van der Waals surface area contributed by atoms with Crippen molar-refractivity contribution in [3.8, 4) is 11.4 Å². The van der Waals surface area contributed by atoms with Crippen LogP contribution in [0.5, 0.6) is 0 Å². The topological polar surface area (TPSA) is 54.2 Å². The van der Waals surface area contributed by atoms with Crippen LogP contribution in [0.25, 0.3) is 11.4 Å². The molecule has 0 amide bonds. The number of piperidine rings is 1. The van der Waals surface area contributed by atoms with Gasteiger partial charge in [-0.3, -0.25) is 0 Å². The number of hydrogen-bond donors (Lipinski definition) is 1. The van der Waals surface area contributed by atoms with E-state index in [1.807, 2.05) is 38.1 Å². The molecule has 0 aliphatic carbocycles. The van der Waals surface area contributed by atoms with Crippen LogP contribution in [0.15, 0.2) is 24.3 Å². The van der Waals surface area contributed by atoms with E-state index in [0.717, 1.165) is 37.2 Å². The van der Waals surface area contributed by atoms with E-state index in [1.165, 1.54) is 4.68 Å². The molecule has 5 nitrogen and oxygen atoms in total. The second kappa shape index (κ2) is 8.51. The van der Waals surface area contributed by atoms with Gasteiger partial charge in [0.25, 0.3) is 0 Å². The summed E-state index contributed by atoms with van der Waals surface area (Å²) in [7, 11) is 0. The van der Waals surface area contributed by atoms with Gasteiger partial charge < -0.3 is 10.0 Å². The number of anilines is 1. The second-order valence-corrected chi connectivity index (χ2v) is 7.80. The molecule has 0 radical (unpaired) electrons. The van der Waals surface area contributed by atoms with Gasteiger partial charge in [0.05, 0.1) is 19.1 Å². The van der Waals surface area contributed by atoms with Gasteiger partial charge in [-0.2, -0.15) is 18.3 Å². The van der Waals surface area contributed by atoms with Crippen molar-refractivity contribution >= 4 is 5.69 Å². The highest BCUT2D eigenvalue weighted by atomic mass is 19.4. The van der Waals surface area contributed by atoms with Gasteiger partial charge in [0.15, 0.2) is 5.82 Å². The Morgan fingerprint density at radius 3 is 2.36 bits per heavy atom. The molecule has 154 valence electrons. The van der Waals surface area contributed by atoms with Gasteiger partial charge in [0.2, 0.25) is 0 Å². The van der Waals surface area contributed by atoms with Crippen molar-refractivity contribution in [1.82, 2.24) is 14.8 Å². The molecule has 0 unspecified atom stereocenters. The molecule has 3 rings (SSSR count). The summed E-state index contributed by atoms with van der Waals surface area (Å²) < 4.78 is 39.3. The van der Waals surface area contributed by atoms with E-state index in [4.69, 9.17) is 0 Å². The van der Waals surface area contributed by atoms with Gasteiger partial charge in [0.1, 0.15) is 5.82 Å². The van der Waals surface area contributed by atoms with E-state index in [-0.39, 0.29) is 18.6 Å². The van der Waals surface area contributed by atoms with E-state index in [1.54, 1.807) is 0 Å². The third-order valence-electron chi connectivity index (χ3n) is 4.90. The van der Waals surface area contributed by atoms with E-state index < -0.39 is 12.6 Å². The Bertz CT molecular complexity index is 763. The Morgan fingerprint density at radius 2 is 1.79 bits per heavy atom. The number of aromatic nitrogens is 3. The molecule has 1 aromatic heterocycles. The monoisotopic (exact) mass is 396 g/mol. The molecule has 1 aliphatic rings. The minimum atomic E-state index is -4.22. The van der Waals surface area contributed by atoms with Crippen molar-refractivity contribution in [2.24, 2.45) is 5.92 Å². The maximum Gasteiger partial charge on any atom is 0.390 e. The summed E-state index contributed by atoms with van der Waals surface area (Å²) in [6, 6.07) is 7.77. The number of rotatable bonds is 6. The van der Waals surface area contributed by atoms with Crippen molar-refractivity contribution in [3.63, 3.8) is 0 Å². The predicted octanol–water partition coefficient (Wildman–Crippen LogP) is 4.06. The molecule has 0 bridgehead atoms. The number of aryl methyl sites for hydroxylation is 1. The first-order valence-corrected chi connectivity index (χ1v) is 9.75. The lowest BCUT2D eigenvalue weighted by molar-refractivity contribution is -0.137. The molecule has 1 aliphatic heterocycles. The molecule has 2 aromatic rings. The van der Waals surface area contributed by atoms with Gasteiger partial charge >= 0.3 is 6.18 Å². The largest absolute Gasteiger partial charge is 0.393 e. The summed E-state index contributed by atoms with van der Waals surface area (Å²) in [5.74, 6) is 1.32. The molecular formula is C20H27F3N4O. The van der Waals surface area contributed by atoms with Gasteiger partial charge in [-0.15, -0.1) is 0 Å². The molecule has 1 saturated heterocycles. The third-order valence-corrected chi connectivity index (χ3v) is 4.90. The normalized spacial score (nSPS) is 16.2. The molecule has 0 saturated carbocycles. The van der Waals surface area contributed by atoms with E-state index in [9.17, 15) is 18.3 Å². The van der Waals surface area contributed by atoms with E-state index in [0.29, 0.717) is 18.1 Å². The fourth-order valence-corrected chi connectivity index (χ4v) is 3.37. The minimum Gasteiger partial charge on any atom is -0.393 e. The summed E-state index contributed by atoms with van der Waals surface area (Å²) in [6.07, 6.45) is -3.26. The lowest BCUT2D eigenvalue weighted by Gasteiger charge is -2.31. The van der Waals surface area contributed by atoms with Crippen LogP contribution in [0.4, 0.5) is 18.9 Å². The summed E-state index contributed by atoms with van der Waals surface area (Å²) in [4.78, 5) is 6.73. The van der Waals surface area contributed by atoms with Gasteiger partial charge in [-0.25, -0.2) is 9.67 Å². The number of alkyl halides is 3. The molecule has 28 heavy (non-hydrogen) atoms. The first-order valence-electron chi connectivity index (χ1n) is 9.75. The summed E-state index contributed by atoms with van der Waals surface area (Å²) in [5, 5.41) is 14.0. The fourth-order valence-electron chi connectivity index (χ4n) is 3.37. The average Bonchev–Trinajstić information content (AvgIpc) is 3.02. The quantitative estimate of drug-likeness (QED) is 0.800. The SMILES string of the molecule is CC(C)Cc1nc(-c2ccc(N3CCC(O)CC3)cc2)nn1CCC(F)(F)F. The number of aliphatic hydroxyl groups is 1. The van der Waals surface area contributed by atoms with E-state index in [2.05, 4.69) is 15.0 Å². The highest BCUT2D eigenvalue weighted by Gasteiger charge is 2.28. The zero-order valence-electron chi connectivity index (χ0n) is 16.3. The summed E-state index contributed by atoms with van der Waals surface area (Å²) in [5.41, 5.74) is 1.85.